The molecular formula is C22H25N3O3. The molecule has 0 aromatic heterocycles. The van der Waals surface area contributed by atoms with Crippen LogP contribution in [0.25, 0.3) is 0 Å². The smallest absolute Gasteiger partial charge is 0.337 e. The first-order valence-corrected chi connectivity index (χ1v) is 9.06. The number of ether oxygens (including phenoxy) is 2. The van der Waals surface area contributed by atoms with E-state index in [0.717, 1.165) is 22.6 Å². The third kappa shape index (κ3) is 4.01. The highest BCUT2D eigenvalue weighted by Crippen LogP contribution is 2.30. The number of nitrogens with zero attached hydrogens (tertiary/aromatic N) is 2. The van der Waals surface area contributed by atoms with Crippen molar-refractivity contribution in [1.82, 2.24) is 10.2 Å². The summed E-state index contributed by atoms with van der Waals surface area (Å²) in [5.74, 6) is 1.17. The minimum absolute atomic E-state index is 0.320. The number of carbonyl (C=O) groups is 1. The average Bonchev–Trinajstić information content (AvgIpc) is 2.75. The molecule has 1 heterocycles. The van der Waals surface area contributed by atoms with Crippen LogP contribution < -0.4 is 10.1 Å². The predicted octanol–water partition coefficient (Wildman–Crippen LogP) is 3.27. The largest absolute Gasteiger partial charge is 0.497 e. The van der Waals surface area contributed by atoms with Crippen LogP contribution in [-0.2, 0) is 16.1 Å². The standard InChI is InChI=1S/C22H25N3O3/c1-15-19(21(26)28-4)20(17-8-6-5-7-9-17)24-22(25(15)2)23-14-16-10-12-18(27-3)13-11-16/h5-13,20H,14H2,1-4H3,(H,23,24). The molecule has 1 N–H and O–H groups in total. The van der Waals surface area contributed by atoms with E-state index in [2.05, 4.69) is 5.32 Å². The summed E-state index contributed by atoms with van der Waals surface area (Å²) in [5, 5.41) is 3.40. The van der Waals surface area contributed by atoms with Gasteiger partial charge in [0.2, 0.25) is 0 Å². The van der Waals surface area contributed by atoms with Crippen LogP contribution >= 0.6 is 0 Å². The van der Waals surface area contributed by atoms with E-state index >= 15 is 0 Å². The van der Waals surface area contributed by atoms with E-state index < -0.39 is 0 Å². The summed E-state index contributed by atoms with van der Waals surface area (Å²) < 4.78 is 10.2. The molecule has 28 heavy (non-hydrogen) atoms. The zero-order valence-corrected chi connectivity index (χ0v) is 16.6. The normalized spacial score (nSPS) is 18.1. The first kappa shape index (κ1) is 19.5. The van der Waals surface area contributed by atoms with E-state index in [1.165, 1.54) is 7.11 Å². The van der Waals surface area contributed by atoms with Crippen molar-refractivity contribution in [3.8, 4) is 5.75 Å². The van der Waals surface area contributed by atoms with Crippen molar-refractivity contribution in [2.75, 3.05) is 21.3 Å². The quantitative estimate of drug-likeness (QED) is 0.808. The van der Waals surface area contributed by atoms with Gasteiger partial charge in [-0.3, -0.25) is 0 Å². The van der Waals surface area contributed by atoms with Gasteiger partial charge in [-0.1, -0.05) is 42.5 Å². The molecule has 1 atom stereocenters. The Balaban J connectivity index is 1.93. The minimum atomic E-state index is -0.347. The number of aliphatic imine (C=N–C) groups is 1. The summed E-state index contributed by atoms with van der Waals surface area (Å²) in [6.45, 7) is 2.42. The van der Waals surface area contributed by atoms with Gasteiger partial charge in [-0.15, -0.1) is 0 Å². The number of allylic oxidation sites excluding steroid dienone is 1. The number of guanidine groups is 1. The lowest BCUT2D eigenvalue weighted by molar-refractivity contribution is -0.136. The third-order valence-electron chi connectivity index (χ3n) is 4.88. The van der Waals surface area contributed by atoms with Crippen molar-refractivity contribution in [1.29, 1.82) is 0 Å². The number of hydrogen-bond donors (Lipinski definition) is 1. The van der Waals surface area contributed by atoms with Gasteiger partial charge in [0.05, 0.1) is 32.4 Å². The number of carbonyl (C=O) groups excluding carboxylic acids is 1. The molecule has 1 aliphatic heterocycles. The second kappa shape index (κ2) is 8.61. The maximum absolute atomic E-state index is 12.5. The van der Waals surface area contributed by atoms with Gasteiger partial charge in [0.15, 0.2) is 5.96 Å². The van der Waals surface area contributed by atoms with Gasteiger partial charge < -0.3 is 19.7 Å². The molecule has 0 saturated heterocycles. The lowest BCUT2D eigenvalue weighted by atomic mass is 9.95. The van der Waals surface area contributed by atoms with Crippen LogP contribution in [0.3, 0.4) is 0 Å². The minimum Gasteiger partial charge on any atom is -0.497 e. The Morgan fingerprint density at radius 1 is 1.11 bits per heavy atom. The molecule has 2 aromatic rings. The number of rotatable bonds is 5. The molecule has 0 bridgehead atoms. The van der Waals surface area contributed by atoms with E-state index in [0.29, 0.717) is 18.1 Å². The molecule has 2 aromatic carbocycles. The van der Waals surface area contributed by atoms with Gasteiger partial charge in [0.1, 0.15) is 5.75 Å². The van der Waals surface area contributed by atoms with Crippen molar-refractivity contribution >= 4 is 11.9 Å². The molecule has 146 valence electrons. The molecule has 0 amide bonds. The summed E-state index contributed by atoms with van der Waals surface area (Å²) in [6, 6.07) is 17.3. The highest BCUT2D eigenvalue weighted by molar-refractivity contribution is 5.96. The molecule has 0 radical (unpaired) electrons. The highest BCUT2D eigenvalue weighted by atomic mass is 16.5. The van der Waals surface area contributed by atoms with Crippen molar-refractivity contribution in [3.05, 3.63) is 77.0 Å². The number of esters is 1. The third-order valence-corrected chi connectivity index (χ3v) is 4.88. The van der Waals surface area contributed by atoms with Crippen molar-refractivity contribution in [2.24, 2.45) is 4.99 Å². The molecule has 0 fully saturated rings. The van der Waals surface area contributed by atoms with Crippen LogP contribution in [0, 0.1) is 0 Å². The van der Waals surface area contributed by atoms with Gasteiger partial charge in [0, 0.05) is 12.7 Å². The fraction of sp³-hybridized carbons (Fsp3) is 0.273. The molecule has 0 spiro atoms. The Labute approximate surface area is 165 Å². The average molecular weight is 379 g/mol. The lowest BCUT2D eigenvalue weighted by Crippen LogP contribution is -2.47. The summed E-state index contributed by atoms with van der Waals surface area (Å²) >= 11 is 0. The first-order chi connectivity index (χ1) is 13.5. The maximum Gasteiger partial charge on any atom is 0.337 e. The van der Waals surface area contributed by atoms with Gasteiger partial charge in [-0.2, -0.15) is 0 Å². The zero-order chi connectivity index (χ0) is 20.1. The summed E-state index contributed by atoms with van der Waals surface area (Å²) in [6.07, 6.45) is 0. The van der Waals surface area contributed by atoms with Crippen LogP contribution in [-0.4, -0.2) is 38.1 Å². The van der Waals surface area contributed by atoms with Crippen LogP contribution in [0.1, 0.15) is 24.1 Å². The number of nitrogens with one attached hydrogen (secondary N) is 1. The van der Waals surface area contributed by atoms with Gasteiger partial charge in [0.25, 0.3) is 0 Å². The molecule has 6 heteroatoms. The van der Waals surface area contributed by atoms with Crippen LogP contribution in [0.5, 0.6) is 5.75 Å². The predicted molar refractivity (Wildman–Crippen MR) is 109 cm³/mol. The fourth-order valence-electron chi connectivity index (χ4n) is 3.17. The number of methoxy groups -OCH3 is 2. The SMILES string of the molecule is COC(=O)C1=C(C)N(C)C(=NCc2ccc(OC)cc2)NC1c1ccccc1. The van der Waals surface area contributed by atoms with Crippen molar-refractivity contribution in [2.45, 2.75) is 19.5 Å². The molecule has 0 aliphatic carbocycles. The molecule has 1 aliphatic rings. The Bertz CT molecular complexity index is 889. The van der Waals surface area contributed by atoms with Gasteiger partial charge >= 0.3 is 5.97 Å². The zero-order valence-electron chi connectivity index (χ0n) is 16.6. The van der Waals surface area contributed by atoms with Crippen LogP contribution in [0.15, 0.2) is 70.9 Å². The first-order valence-electron chi connectivity index (χ1n) is 9.06. The van der Waals surface area contributed by atoms with Crippen LogP contribution in [0.4, 0.5) is 0 Å². The van der Waals surface area contributed by atoms with Crippen molar-refractivity contribution < 1.29 is 14.3 Å². The topological polar surface area (TPSA) is 63.2 Å². The fourth-order valence-corrected chi connectivity index (χ4v) is 3.17. The van der Waals surface area contributed by atoms with E-state index in [4.69, 9.17) is 14.5 Å². The second-order valence-corrected chi connectivity index (χ2v) is 6.53. The van der Waals surface area contributed by atoms with E-state index in [-0.39, 0.29) is 12.0 Å². The Hall–Kier alpha value is -3.28. The molecular weight excluding hydrogens is 354 g/mol. The Morgan fingerprint density at radius 3 is 2.39 bits per heavy atom. The second-order valence-electron chi connectivity index (χ2n) is 6.53. The van der Waals surface area contributed by atoms with Gasteiger partial charge in [-0.25, -0.2) is 9.79 Å². The monoisotopic (exact) mass is 379 g/mol. The molecule has 0 saturated carbocycles. The van der Waals surface area contributed by atoms with E-state index in [9.17, 15) is 4.79 Å². The summed E-state index contributed by atoms with van der Waals surface area (Å²) in [5.41, 5.74) is 3.44. The van der Waals surface area contributed by atoms with Crippen molar-refractivity contribution in [3.63, 3.8) is 0 Å². The molecule has 1 unspecified atom stereocenters. The van der Waals surface area contributed by atoms with E-state index in [1.54, 1.807) is 7.11 Å². The van der Waals surface area contributed by atoms with Gasteiger partial charge in [-0.05, 0) is 30.2 Å². The van der Waals surface area contributed by atoms with Crippen LogP contribution in [0.2, 0.25) is 0 Å². The van der Waals surface area contributed by atoms with E-state index in [1.807, 2.05) is 73.5 Å². The Morgan fingerprint density at radius 2 is 1.79 bits per heavy atom. The highest BCUT2D eigenvalue weighted by Gasteiger charge is 2.33. The molecule has 3 rings (SSSR count). The Kier molecular flexibility index (Phi) is 5.99. The number of hydrogen-bond acceptors (Lipinski definition) is 4. The lowest BCUT2D eigenvalue weighted by Gasteiger charge is -2.35. The summed E-state index contributed by atoms with van der Waals surface area (Å²) in [4.78, 5) is 19.1. The maximum atomic E-state index is 12.5. The number of benzene rings is 2. The molecule has 6 nitrogen and oxygen atoms in total. The summed E-state index contributed by atoms with van der Waals surface area (Å²) in [7, 11) is 4.94.